The molecule has 0 bridgehead atoms. The summed E-state index contributed by atoms with van der Waals surface area (Å²) in [4.78, 5) is 21.8. The van der Waals surface area contributed by atoms with E-state index in [4.69, 9.17) is 10.3 Å². The number of aromatic nitrogens is 1. The van der Waals surface area contributed by atoms with Gasteiger partial charge in [-0.25, -0.2) is 0 Å². The fraction of sp³-hybridized carbons (Fsp3) is 0. The fourth-order valence-corrected chi connectivity index (χ4v) is 1.25. The maximum absolute atomic E-state index is 11.2. The number of hydrogen-bond acceptors (Lipinski definition) is 4. The van der Waals surface area contributed by atoms with Gasteiger partial charge in [0.15, 0.2) is 0 Å². The van der Waals surface area contributed by atoms with E-state index in [0.717, 1.165) is 5.56 Å². The summed E-state index contributed by atoms with van der Waals surface area (Å²) in [6.45, 7) is 0. The normalized spacial score (nSPS) is 10.0. The highest BCUT2D eigenvalue weighted by Gasteiger charge is 2.18. The molecule has 5 nitrogen and oxygen atoms in total. The minimum absolute atomic E-state index is 0.147. The van der Waals surface area contributed by atoms with Gasteiger partial charge in [-0.2, -0.15) is 0 Å². The lowest BCUT2D eigenvalue weighted by molar-refractivity contribution is -0.114. The van der Waals surface area contributed by atoms with Crippen LogP contribution in [0.15, 0.2) is 40.9 Å². The van der Waals surface area contributed by atoms with E-state index in [1.54, 1.807) is 0 Å². The van der Waals surface area contributed by atoms with E-state index < -0.39 is 11.7 Å². The summed E-state index contributed by atoms with van der Waals surface area (Å²) in [6, 6.07) is 10.5. The van der Waals surface area contributed by atoms with E-state index in [1.165, 1.54) is 6.07 Å². The van der Waals surface area contributed by atoms with Crippen molar-refractivity contribution in [2.75, 3.05) is 0 Å². The molecule has 0 fully saturated rings. The number of nitrogens with zero attached hydrogens (tertiary/aromatic N) is 1. The molecule has 5 heteroatoms. The van der Waals surface area contributed by atoms with Gasteiger partial charge in [-0.1, -0.05) is 35.5 Å². The van der Waals surface area contributed by atoms with Gasteiger partial charge in [0.25, 0.3) is 11.7 Å². The minimum Gasteiger partial charge on any atom is -0.363 e. The average molecular weight is 216 g/mol. The molecule has 0 aliphatic heterocycles. The smallest absolute Gasteiger partial charge is 0.293 e. The van der Waals surface area contributed by atoms with Gasteiger partial charge in [-0.05, 0) is 0 Å². The lowest BCUT2D eigenvalue weighted by Crippen LogP contribution is -2.22. The van der Waals surface area contributed by atoms with Crippen LogP contribution in [-0.4, -0.2) is 16.8 Å². The number of ketones is 1. The van der Waals surface area contributed by atoms with Crippen LogP contribution in [0, 0.1) is 0 Å². The molecule has 16 heavy (non-hydrogen) atoms. The van der Waals surface area contributed by atoms with Gasteiger partial charge in [-0.15, -0.1) is 0 Å². The number of nitrogens with two attached hydrogens (primary N) is 1. The zero-order valence-corrected chi connectivity index (χ0v) is 8.21. The van der Waals surface area contributed by atoms with Gasteiger partial charge in [0, 0.05) is 11.6 Å². The third-order valence-electron chi connectivity index (χ3n) is 2.03. The van der Waals surface area contributed by atoms with Gasteiger partial charge in [-0.3, -0.25) is 9.59 Å². The van der Waals surface area contributed by atoms with E-state index in [0.29, 0.717) is 5.69 Å². The molecule has 0 atom stereocenters. The van der Waals surface area contributed by atoms with Gasteiger partial charge in [0.1, 0.15) is 5.69 Å². The Balaban J connectivity index is 2.34. The van der Waals surface area contributed by atoms with Crippen LogP contribution in [0.3, 0.4) is 0 Å². The van der Waals surface area contributed by atoms with Gasteiger partial charge >= 0.3 is 0 Å². The van der Waals surface area contributed by atoms with Crippen LogP contribution in [0.4, 0.5) is 0 Å². The standard InChI is InChI=1S/C11H8N2O3/c12-11(15)10(14)9-6-8(13-16-9)7-4-2-1-3-5-7/h1-6H,(H2,12,15). The van der Waals surface area contributed by atoms with Gasteiger partial charge in [0.05, 0.1) is 0 Å². The number of primary amides is 1. The molecule has 0 saturated carbocycles. The Hall–Kier alpha value is -2.43. The second-order valence-electron chi connectivity index (χ2n) is 3.14. The molecule has 1 amide bonds. The van der Waals surface area contributed by atoms with Crippen molar-refractivity contribution in [2.45, 2.75) is 0 Å². The molecule has 80 valence electrons. The first-order valence-electron chi connectivity index (χ1n) is 4.55. The zero-order chi connectivity index (χ0) is 11.5. The van der Waals surface area contributed by atoms with E-state index >= 15 is 0 Å². The van der Waals surface area contributed by atoms with Crippen molar-refractivity contribution in [2.24, 2.45) is 5.73 Å². The first kappa shape index (κ1) is 10.1. The first-order chi connectivity index (χ1) is 7.68. The van der Waals surface area contributed by atoms with E-state index in [2.05, 4.69) is 5.16 Å². The van der Waals surface area contributed by atoms with Crippen LogP contribution in [0.2, 0.25) is 0 Å². The number of amides is 1. The van der Waals surface area contributed by atoms with Crippen molar-refractivity contribution in [3.05, 3.63) is 42.2 Å². The predicted octanol–water partition coefficient (Wildman–Crippen LogP) is 1.01. The summed E-state index contributed by atoms with van der Waals surface area (Å²) in [5, 5.41) is 3.69. The van der Waals surface area contributed by atoms with E-state index in [1.807, 2.05) is 30.3 Å². The van der Waals surface area contributed by atoms with Crippen molar-refractivity contribution in [1.29, 1.82) is 0 Å². The highest BCUT2D eigenvalue weighted by molar-refractivity contribution is 6.41. The largest absolute Gasteiger partial charge is 0.363 e. The Morgan fingerprint density at radius 3 is 2.50 bits per heavy atom. The molecule has 0 aliphatic carbocycles. The maximum atomic E-state index is 11.2. The highest BCUT2D eigenvalue weighted by Crippen LogP contribution is 2.18. The SMILES string of the molecule is NC(=O)C(=O)c1cc(-c2ccccc2)no1. The number of Topliss-reactive ketones (excluding diaryl/α,β-unsaturated/α-hetero) is 1. The summed E-state index contributed by atoms with van der Waals surface area (Å²) in [7, 11) is 0. The van der Waals surface area contributed by atoms with Crippen molar-refractivity contribution >= 4 is 11.7 Å². The summed E-state index contributed by atoms with van der Waals surface area (Å²) in [5.74, 6) is -2.09. The maximum Gasteiger partial charge on any atom is 0.293 e. The topological polar surface area (TPSA) is 86.2 Å². The third-order valence-corrected chi connectivity index (χ3v) is 2.03. The van der Waals surface area contributed by atoms with E-state index in [9.17, 15) is 9.59 Å². The summed E-state index contributed by atoms with van der Waals surface area (Å²) in [6.07, 6.45) is 0. The van der Waals surface area contributed by atoms with Crippen molar-refractivity contribution < 1.29 is 14.1 Å². The van der Waals surface area contributed by atoms with Crippen LogP contribution in [0.5, 0.6) is 0 Å². The lowest BCUT2D eigenvalue weighted by Gasteiger charge is -1.91. The molecule has 2 aromatic rings. The second kappa shape index (κ2) is 3.98. The average Bonchev–Trinajstić information content (AvgIpc) is 2.78. The van der Waals surface area contributed by atoms with Crippen molar-refractivity contribution in [3.63, 3.8) is 0 Å². The molecule has 0 aliphatic rings. The number of benzene rings is 1. The van der Waals surface area contributed by atoms with Crippen LogP contribution >= 0.6 is 0 Å². The molecule has 0 spiro atoms. The van der Waals surface area contributed by atoms with Crippen LogP contribution in [0.25, 0.3) is 11.3 Å². The van der Waals surface area contributed by atoms with Crippen molar-refractivity contribution in [1.82, 2.24) is 5.16 Å². The Morgan fingerprint density at radius 1 is 1.19 bits per heavy atom. The molecule has 2 rings (SSSR count). The van der Waals surface area contributed by atoms with Crippen LogP contribution in [-0.2, 0) is 4.79 Å². The Morgan fingerprint density at radius 2 is 1.88 bits per heavy atom. The first-order valence-corrected chi connectivity index (χ1v) is 4.55. The minimum atomic E-state index is -1.06. The predicted molar refractivity (Wildman–Crippen MR) is 55.5 cm³/mol. The monoisotopic (exact) mass is 216 g/mol. The Kier molecular flexibility index (Phi) is 2.51. The number of rotatable bonds is 3. The van der Waals surface area contributed by atoms with E-state index in [-0.39, 0.29) is 5.76 Å². The highest BCUT2D eigenvalue weighted by atomic mass is 16.5. The molecule has 1 aromatic heterocycles. The molecule has 0 saturated heterocycles. The second-order valence-corrected chi connectivity index (χ2v) is 3.14. The molecule has 1 aromatic carbocycles. The number of carbonyl (C=O) groups excluding carboxylic acids is 2. The molecule has 2 N–H and O–H groups in total. The summed E-state index contributed by atoms with van der Waals surface area (Å²) in [5.41, 5.74) is 6.13. The van der Waals surface area contributed by atoms with Crippen LogP contribution < -0.4 is 5.73 Å². The molecule has 0 radical (unpaired) electrons. The molecule has 1 heterocycles. The van der Waals surface area contributed by atoms with Gasteiger partial charge < -0.3 is 10.3 Å². The fourth-order valence-electron chi connectivity index (χ4n) is 1.25. The molecular formula is C11H8N2O3. The lowest BCUT2D eigenvalue weighted by atomic mass is 10.1. The third kappa shape index (κ3) is 1.83. The van der Waals surface area contributed by atoms with Crippen LogP contribution in [0.1, 0.15) is 10.6 Å². The number of carbonyl (C=O) groups is 2. The Bertz CT molecular complexity index is 531. The number of hydrogen-bond donors (Lipinski definition) is 1. The molecular weight excluding hydrogens is 208 g/mol. The quantitative estimate of drug-likeness (QED) is 0.612. The van der Waals surface area contributed by atoms with Gasteiger partial charge in [0.2, 0.25) is 5.76 Å². The Labute approximate surface area is 90.8 Å². The summed E-state index contributed by atoms with van der Waals surface area (Å²) < 4.78 is 4.74. The zero-order valence-electron chi connectivity index (χ0n) is 8.21. The van der Waals surface area contributed by atoms with Crippen molar-refractivity contribution in [3.8, 4) is 11.3 Å². The summed E-state index contributed by atoms with van der Waals surface area (Å²) >= 11 is 0. The molecule has 0 unspecified atom stereocenters.